The van der Waals surface area contributed by atoms with Crippen LogP contribution in [0.2, 0.25) is 0 Å². The van der Waals surface area contributed by atoms with Gasteiger partial charge in [-0.2, -0.15) is 0 Å². The number of hydrogen-bond donors (Lipinski definition) is 1. The topological polar surface area (TPSA) is 47.3 Å². The maximum atomic E-state index is 8.93. The second-order valence-corrected chi connectivity index (χ2v) is 3.66. The van der Waals surface area contributed by atoms with Crippen LogP contribution >= 0.6 is 0 Å². The van der Waals surface area contributed by atoms with Crippen LogP contribution in [0.4, 0.5) is 0 Å². The van der Waals surface area contributed by atoms with Crippen molar-refractivity contribution < 1.29 is 9.84 Å². The van der Waals surface area contributed by atoms with E-state index in [1.807, 2.05) is 10.8 Å². The predicted octanol–water partition coefficient (Wildman–Crippen LogP) is 1.05. The van der Waals surface area contributed by atoms with Crippen molar-refractivity contribution in [2.24, 2.45) is 5.92 Å². The SMILES string of the molecule is CC(C)COCCn1ccnc1CO. The minimum absolute atomic E-state index is 0.0167. The fourth-order valence-electron chi connectivity index (χ4n) is 1.18. The fourth-order valence-corrected chi connectivity index (χ4v) is 1.18. The van der Waals surface area contributed by atoms with Gasteiger partial charge in [0.25, 0.3) is 0 Å². The highest BCUT2D eigenvalue weighted by molar-refractivity contribution is 4.89. The molecule has 0 bridgehead atoms. The zero-order valence-corrected chi connectivity index (χ0v) is 8.81. The van der Waals surface area contributed by atoms with E-state index in [0.29, 0.717) is 18.3 Å². The summed E-state index contributed by atoms with van der Waals surface area (Å²) in [5, 5.41) is 8.93. The molecule has 4 heteroatoms. The van der Waals surface area contributed by atoms with Crippen LogP contribution in [-0.4, -0.2) is 27.9 Å². The maximum absolute atomic E-state index is 8.93. The van der Waals surface area contributed by atoms with Crippen LogP contribution in [0, 0.1) is 5.92 Å². The normalized spacial score (nSPS) is 11.1. The van der Waals surface area contributed by atoms with Gasteiger partial charge in [-0.15, -0.1) is 0 Å². The zero-order valence-electron chi connectivity index (χ0n) is 8.81. The largest absolute Gasteiger partial charge is 0.388 e. The first-order valence-corrected chi connectivity index (χ1v) is 4.92. The van der Waals surface area contributed by atoms with E-state index in [1.54, 1.807) is 6.20 Å². The first-order valence-electron chi connectivity index (χ1n) is 4.92. The van der Waals surface area contributed by atoms with Crippen molar-refractivity contribution in [3.63, 3.8) is 0 Å². The Balaban J connectivity index is 2.24. The molecule has 0 aliphatic heterocycles. The molecule has 4 nitrogen and oxygen atoms in total. The highest BCUT2D eigenvalue weighted by atomic mass is 16.5. The second kappa shape index (κ2) is 5.78. The predicted molar refractivity (Wildman–Crippen MR) is 53.8 cm³/mol. The summed E-state index contributed by atoms with van der Waals surface area (Å²) in [5.74, 6) is 1.26. The number of aliphatic hydroxyl groups excluding tert-OH is 1. The third kappa shape index (κ3) is 3.47. The smallest absolute Gasteiger partial charge is 0.134 e. The van der Waals surface area contributed by atoms with Crippen molar-refractivity contribution in [1.82, 2.24) is 9.55 Å². The fraction of sp³-hybridized carbons (Fsp3) is 0.700. The van der Waals surface area contributed by atoms with Gasteiger partial charge in [0.2, 0.25) is 0 Å². The lowest BCUT2D eigenvalue weighted by molar-refractivity contribution is 0.102. The Morgan fingerprint density at radius 1 is 1.57 bits per heavy atom. The summed E-state index contributed by atoms with van der Waals surface area (Å²) in [4.78, 5) is 4.01. The lowest BCUT2D eigenvalue weighted by Crippen LogP contribution is -2.11. The number of imidazole rings is 1. The lowest BCUT2D eigenvalue weighted by atomic mass is 10.2. The van der Waals surface area contributed by atoms with Gasteiger partial charge in [-0.3, -0.25) is 0 Å². The third-order valence-corrected chi connectivity index (χ3v) is 1.87. The Labute approximate surface area is 84.5 Å². The molecule has 0 aliphatic rings. The van der Waals surface area contributed by atoms with Gasteiger partial charge in [-0.1, -0.05) is 13.8 Å². The standard InChI is InChI=1S/C10H18N2O2/c1-9(2)8-14-6-5-12-4-3-11-10(12)7-13/h3-4,9,13H,5-8H2,1-2H3. The van der Waals surface area contributed by atoms with Crippen LogP contribution in [-0.2, 0) is 17.9 Å². The number of rotatable bonds is 6. The summed E-state index contributed by atoms with van der Waals surface area (Å²) in [5.41, 5.74) is 0. The van der Waals surface area contributed by atoms with Crippen LogP contribution in [0.1, 0.15) is 19.7 Å². The van der Waals surface area contributed by atoms with E-state index in [-0.39, 0.29) is 6.61 Å². The van der Waals surface area contributed by atoms with Crippen molar-refractivity contribution in [3.05, 3.63) is 18.2 Å². The molecule has 0 aliphatic carbocycles. The Kier molecular flexibility index (Phi) is 4.62. The van der Waals surface area contributed by atoms with Crippen molar-refractivity contribution >= 4 is 0 Å². The molecule has 0 radical (unpaired) electrons. The van der Waals surface area contributed by atoms with Gasteiger partial charge >= 0.3 is 0 Å². The Bertz CT molecular complexity index is 258. The molecular weight excluding hydrogens is 180 g/mol. The quantitative estimate of drug-likeness (QED) is 0.695. The molecule has 1 heterocycles. The molecular formula is C10H18N2O2. The summed E-state index contributed by atoms with van der Waals surface area (Å²) in [7, 11) is 0. The highest BCUT2D eigenvalue weighted by Gasteiger charge is 2.00. The van der Waals surface area contributed by atoms with Gasteiger partial charge < -0.3 is 14.4 Å². The van der Waals surface area contributed by atoms with E-state index < -0.39 is 0 Å². The third-order valence-electron chi connectivity index (χ3n) is 1.87. The summed E-state index contributed by atoms with van der Waals surface area (Å²) in [6.07, 6.45) is 3.54. The van der Waals surface area contributed by atoms with E-state index in [1.165, 1.54) is 0 Å². The molecule has 1 aromatic rings. The zero-order chi connectivity index (χ0) is 10.4. The summed E-state index contributed by atoms with van der Waals surface area (Å²) >= 11 is 0. The van der Waals surface area contributed by atoms with E-state index >= 15 is 0 Å². The second-order valence-electron chi connectivity index (χ2n) is 3.66. The molecule has 0 saturated carbocycles. The number of hydrogen-bond acceptors (Lipinski definition) is 3. The molecule has 1 N–H and O–H groups in total. The maximum Gasteiger partial charge on any atom is 0.134 e. The van der Waals surface area contributed by atoms with Gasteiger partial charge in [-0.05, 0) is 5.92 Å². The Hall–Kier alpha value is -0.870. The van der Waals surface area contributed by atoms with Crippen LogP contribution < -0.4 is 0 Å². The van der Waals surface area contributed by atoms with Crippen LogP contribution in [0.25, 0.3) is 0 Å². The van der Waals surface area contributed by atoms with Crippen molar-refractivity contribution in [2.45, 2.75) is 27.0 Å². The first-order chi connectivity index (χ1) is 6.74. The molecule has 0 unspecified atom stereocenters. The molecule has 0 aromatic carbocycles. The van der Waals surface area contributed by atoms with E-state index in [0.717, 1.165) is 13.2 Å². The van der Waals surface area contributed by atoms with Crippen molar-refractivity contribution in [3.8, 4) is 0 Å². The van der Waals surface area contributed by atoms with Crippen molar-refractivity contribution in [1.29, 1.82) is 0 Å². The van der Waals surface area contributed by atoms with E-state index in [2.05, 4.69) is 18.8 Å². The van der Waals surface area contributed by atoms with Crippen LogP contribution in [0.15, 0.2) is 12.4 Å². The number of aliphatic hydroxyl groups is 1. The first kappa shape index (κ1) is 11.2. The van der Waals surface area contributed by atoms with Gasteiger partial charge in [-0.25, -0.2) is 4.98 Å². The minimum Gasteiger partial charge on any atom is -0.388 e. The van der Waals surface area contributed by atoms with Crippen LogP contribution in [0.5, 0.6) is 0 Å². The van der Waals surface area contributed by atoms with Gasteiger partial charge in [0.05, 0.1) is 6.61 Å². The molecule has 80 valence electrons. The Morgan fingerprint density at radius 2 is 2.36 bits per heavy atom. The van der Waals surface area contributed by atoms with Crippen molar-refractivity contribution in [2.75, 3.05) is 13.2 Å². The van der Waals surface area contributed by atoms with Gasteiger partial charge in [0.1, 0.15) is 12.4 Å². The molecule has 1 rings (SSSR count). The van der Waals surface area contributed by atoms with E-state index in [4.69, 9.17) is 9.84 Å². The van der Waals surface area contributed by atoms with Crippen LogP contribution in [0.3, 0.4) is 0 Å². The highest BCUT2D eigenvalue weighted by Crippen LogP contribution is 1.98. The molecule has 0 fully saturated rings. The molecule has 0 saturated heterocycles. The summed E-state index contributed by atoms with van der Waals surface area (Å²) < 4.78 is 7.34. The molecule has 1 aromatic heterocycles. The molecule has 0 spiro atoms. The average molecular weight is 198 g/mol. The average Bonchev–Trinajstić information content (AvgIpc) is 2.59. The summed E-state index contributed by atoms with van der Waals surface area (Å²) in [6.45, 7) is 6.43. The number of aromatic nitrogens is 2. The number of nitrogens with zero attached hydrogens (tertiary/aromatic N) is 2. The lowest BCUT2D eigenvalue weighted by Gasteiger charge is -2.08. The molecule has 0 amide bonds. The minimum atomic E-state index is -0.0167. The van der Waals surface area contributed by atoms with Gasteiger partial charge in [0, 0.05) is 25.5 Å². The van der Waals surface area contributed by atoms with E-state index in [9.17, 15) is 0 Å². The monoisotopic (exact) mass is 198 g/mol. The molecule has 14 heavy (non-hydrogen) atoms. The number of ether oxygens (including phenoxy) is 1. The molecule has 0 atom stereocenters. The Morgan fingerprint density at radius 3 is 3.00 bits per heavy atom. The summed E-state index contributed by atoms with van der Waals surface area (Å²) in [6, 6.07) is 0. The van der Waals surface area contributed by atoms with Gasteiger partial charge in [0.15, 0.2) is 0 Å².